The zero-order chi connectivity index (χ0) is 4.28. The van der Waals surface area contributed by atoms with E-state index in [4.69, 9.17) is 0 Å². The van der Waals surface area contributed by atoms with E-state index in [0.717, 1.165) is 4.48 Å². The first kappa shape index (κ1) is 9.79. The van der Waals surface area contributed by atoms with Crippen molar-refractivity contribution in [3.8, 4) is 0 Å². The molecule has 0 atom stereocenters. The molecule has 0 heterocycles. The van der Waals surface area contributed by atoms with Crippen molar-refractivity contribution in [3.05, 3.63) is 17.5 Å². The molecular weight excluding hydrogens is 184 g/mol. The average Bonchev–Trinajstić information content (AvgIpc) is 1.38. The molecule has 0 aliphatic rings. The molecule has 0 unspecified atom stereocenters. The van der Waals surface area contributed by atoms with Gasteiger partial charge in [0.25, 0.3) is 0 Å². The van der Waals surface area contributed by atoms with Crippen molar-refractivity contribution in [1.29, 1.82) is 0 Å². The number of rotatable bonds is 0. The molecule has 0 amide bonds. The maximum absolute atomic E-state index is 3.53. The van der Waals surface area contributed by atoms with E-state index in [1.807, 2.05) is 13.0 Å². The molecule has 0 saturated carbocycles. The Balaban J connectivity index is 0. The quantitative estimate of drug-likeness (QED) is 0.405. The maximum Gasteiger partial charge on any atom is 0 e. The van der Waals surface area contributed by atoms with Crippen LogP contribution in [0.5, 0.6) is 0 Å². The van der Waals surface area contributed by atoms with Gasteiger partial charge >= 0.3 is 0 Å². The van der Waals surface area contributed by atoms with E-state index in [2.05, 4.69) is 22.9 Å². The summed E-state index contributed by atoms with van der Waals surface area (Å²) in [5.74, 6) is 0. The summed E-state index contributed by atoms with van der Waals surface area (Å²) in [6, 6.07) is 0. The second-order valence-corrected chi connectivity index (χ2v) is 1.75. The van der Waals surface area contributed by atoms with Crippen molar-refractivity contribution in [3.63, 3.8) is 0 Å². The Labute approximate surface area is 57.6 Å². The molecule has 0 aliphatic carbocycles. The molecule has 2 heteroatoms. The second-order valence-electron chi connectivity index (χ2n) is 0.736. The predicted octanol–water partition coefficient (Wildman–Crippen LogP) is 2.12. The topological polar surface area (TPSA) is 0 Å². The van der Waals surface area contributed by atoms with Gasteiger partial charge in [0.1, 0.15) is 0 Å². The Hall–Kier alpha value is 0.609. The minimum atomic E-state index is 0. The van der Waals surface area contributed by atoms with E-state index in [1.165, 1.54) is 0 Å². The Kier molecular flexibility index (Phi) is 9.15. The summed E-state index contributed by atoms with van der Waals surface area (Å²) in [5.41, 5.74) is 0. The molecule has 0 spiro atoms. The van der Waals surface area contributed by atoms with Gasteiger partial charge in [0.2, 0.25) is 0 Å². The summed E-state index contributed by atoms with van der Waals surface area (Å²) in [6.07, 6.45) is 1.89. The molecular formula is C4H6BrFe-. The van der Waals surface area contributed by atoms with Crippen LogP contribution in [0.4, 0.5) is 0 Å². The molecule has 0 aromatic rings. The molecule has 0 radical (unpaired) electrons. The fourth-order valence-electron chi connectivity index (χ4n) is 0. The largest absolute Gasteiger partial charge is 0.231 e. The van der Waals surface area contributed by atoms with Gasteiger partial charge in [-0.3, -0.25) is 0 Å². The van der Waals surface area contributed by atoms with Gasteiger partial charge < -0.3 is 0 Å². The minimum Gasteiger partial charge on any atom is -0.231 e. The van der Waals surface area contributed by atoms with Gasteiger partial charge in [-0.05, 0) is 0 Å². The summed E-state index contributed by atoms with van der Waals surface area (Å²) in [5, 5.41) is 0. The molecule has 0 bridgehead atoms. The Morgan fingerprint density at radius 3 is 2.00 bits per heavy atom. The first-order valence-corrected chi connectivity index (χ1v) is 2.20. The molecule has 6 heavy (non-hydrogen) atoms. The van der Waals surface area contributed by atoms with E-state index in [0.29, 0.717) is 0 Å². The first-order chi connectivity index (χ1) is 2.27. The molecule has 0 saturated heterocycles. The van der Waals surface area contributed by atoms with Gasteiger partial charge in [0, 0.05) is 17.1 Å². The summed E-state index contributed by atoms with van der Waals surface area (Å²) < 4.78 is 0.942. The van der Waals surface area contributed by atoms with E-state index in [1.54, 1.807) is 0 Å². The third-order valence-corrected chi connectivity index (χ3v) is 0.771. The second kappa shape index (κ2) is 5.61. The summed E-state index contributed by atoms with van der Waals surface area (Å²) in [6.45, 7) is 5.46. The zero-order valence-electron chi connectivity index (χ0n) is 3.52. The first-order valence-electron chi connectivity index (χ1n) is 1.41. The van der Waals surface area contributed by atoms with E-state index in [-0.39, 0.29) is 17.1 Å². The molecule has 0 aromatic carbocycles. The molecule has 0 rings (SSSR count). The summed E-state index contributed by atoms with van der Waals surface area (Å²) >= 11 is 3.12. The van der Waals surface area contributed by atoms with Gasteiger partial charge in [-0.15, -0.1) is 6.92 Å². The zero-order valence-corrected chi connectivity index (χ0v) is 6.21. The molecule has 0 N–H and O–H groups in total. The molecule has 0 fully saturated rings. The summed E-state index contributed by atoms with van der Waals surface area (Å²) in [4.78, 5) is 0. The predicted molar refractivity (Wildman–Crippen MR) is 28.0 cm³/mol. The average molecular weight is 190 g/mol. The number of halogens is 1. The maximum atomic E-state index is 3.53. The fourth-order valence-corrected chi connectivity index (χ4v) is 0. The van der Waals surface area contributed by atoms with Gasteiger partial charge in [-0.2, -0.15) is 4.48 Å². The van der Waals surface area contributed by atoms with Crippen molar-refractivity contribution in [2.45, 2.75) is 6.92 Å². The smallest absolute Gasteiger partial charge is 0 e. The number of hydrogen-bond acceptors (Lipinski definition) is 0. The van der Waals surface area contributed by atoms with Crippen LogP contribution in [0.1, 0.15) is 6.92 Å². The van der Waals surface area contributed by atoms with Crippen LogP contribution in [0.3, 0.4) is 0 Å². The minimum absolute atomic E-state index is 0. The third-order valence-electron chi connectivity index (χ3n) is 0.313. The Bertz CT molecular complexity index is 45.5. The van der Waals surface area contributed by atoms with Crippen LogP contribution in [0, 0.1) is 6.92 Å². The summed E-state index contributed by atoms with van der Waals surface area (Å²) in [7, 11) is 0. The van der Waals surface area contributed by atoms with Crippen LogP contribution in [0.2, 0.25) is 0 Å². The van der Waals surface area contributed by atoms with Crippen LogP contribution in [0.25, 0.3) is 0 Å². The van der Waals surface area contributed by atoms with Crippen LogP contribution in [-0.4, -0.2) is 0 Å². The van der Waals surface area contributed by atoms with Crippen LogP contribution < -0.4 is 0 Å². The third kappa shape index (κ3) is 8.82. The van der Waals surface area contributed by atoms with Crippen molar-refractivity contribution in [1.82, 2.24) is 0 Å². The van der Waals surface area contributed by atoms with Gasteiger partial charge in [0.05, 0.1) is 0 Å². The van der Waals surface area contributed by atoms with E-state index < -0.39 is 0 Å². The molecule has 38 valence electrons. The van der Waals surface area contributed by atoms with Crippen LogP contribution in [-0.2, 0) is 17.1 Å². The van der Waals surface area contributed by atoms with Crippen molar-refractivity contribution in [2.24, 2.45) is 0 Å². The Morgan fingerprint density at radius 1 is 1.83 bits per heavy atom. The standard InChI is InChI=1S/C4H6Br.Fe/c1-3-4(2)5;/h3H,2H2,1H3;/q-1;. The van der Waals surface area contributed by atoms with E-state index >= 15 is 0 Å². The normalized spacial score (nSPS) is 10.0. The van der Waals surface area contributed by atoms with Crippen molar-refractivity contribution >= 4 is 15.9 Å². The SMILES string of the molecule is [CH2-]C(Br)=CC.[Fe]. The monoisotopic (exact) mass is 189 g/mol. The van der Waals surface area contributed by atoms with E-state index in [9.17, 15) is 0 Å². The molecule has 0 aromatic heterocycles. The fraction of sp³-hybridized carbons (Fsp3) is 0.250. The molecule has 0 aliphatic heterocycles. The van der Waals surface area contributed by atoms with Crippen LogP contribution in [0.15, 0.2) is 10.6 Å². The van der Waals surface area contributed by atoms with Crippen molar-refractivity contribution < 1.29 is 17.1 Å². The van der Waals surface area contributed by atoms with Gasteiger partial charge in [-0.25, -0.2) is 13.0 Å². The molecule has 0 nitrogen and oxygen atoms in total. The Morgan fingerprint density at radius 2 is 2.00 bits per heavy atom. The van der Waals surface area contributed by atoms with Gasteiger partial charge in [0.15, 0.2) is 0 Å². The number of hydrogen-bond donors (Lipinski definition) is 0. The van der Waals surface area contributed by atoms with Crippen LogP contribution >= 0.6 is 15.9 Å². The number of allylic oxidation sites excluding steroid dienone is 2. The van der Waals surface area contributed by atoms with Crippen molar-refractivity contribution in [2.75, 3.05) is 0 Å². The van der Waals surface area contributed by atoms with Gasteiger partial charge in [-0.1, -0.05) is 15.9 Å².